The van der Waals surface area contributed by atoms with Crippen LogP contribution < -0.4 is 20.1 Å². The molecule has 2 aliphatic rings. The maximum absolute atomic E-state index is 14.3. The van der Waals surface area contributed by atoms with Crippen LogP contribution >= 0.6 is 0 Å². The second kappa shape index (κ2) is 8.74. The zero-order valence-electron chi connectivity index (χ0n) is 18.6. The van der Waals surface area contributed by atoms with Crippen molar-refractivity contribution in [3.63, 3.8) is 0 Å². The normalized spacial score (nSPS) is 17.7. The van der Waals surface area contributed by atoms with Crippen LogP contribution in [0.1, 0.15) is 22.5 Å². The van der Waals surface area contributed by atoms with Gasteiger partial charge in [0, 0.05) is 36.5 Å². The van der Waals surface area contributed by atoms with Crippen LogP contribution in [0.2, 0.25) is 0 Å². The number of hydrogen-bond donors (Lipinski definition) is 3. The Hall–Kier alpha value is -3.59. The molecule has 0 aliphatic carbocycles. The molecule has 0 saturated carbocycles. The molecule has 5 rings (SSSR count). The Balaban J connectivity index is 1.58. The molecule has 1 aromatic carbocycles. The van der Waals surface area contributed by atoms with Crippen molar-refractivity contribution in [2.75, 3.05) is 39.2 Å². The molecular weight excluding hydrogens is 425 g/mol. The SMILES string of the molecule is COc1c(F)cccc1Nc1c(-c2ccncc2OC[C@H]2CCN2C)[nH]c2c1C(=O)NCC2. The summed E-state index contributed by atoms with van der Waals surface area (Å²) in [5.74, 6) is 0.0135. The van der Waals surface area contributed by atoms with Gasteiger partial charge in [-0.2, -0.15) is 0 Å². The third kappa shape index (κ3) is 3.89. The second-order valence-corrected chi connectivity index (χ2v) is 8.29. The summed E-state index contributed by atoms with van der Waals surface area (Å²) in [6.45, 7) is 2.16. The first-order valence-corrected chi connectivity index (χ1v) is 11.0. The van der Waals surface area contributed by atoms with Crippen LogP contribution in [0.5, 0.6) is 11.5 Å². The van der Waals surface area contributed by atoms with E-state index in [1.165, 1.54) is 13.2 Å². The van der Waals surface area contributed by atoms with E-state index < -0.39 is 5.82 Å². The van der Waals surface area contributed by atoms with Crippen LogP contribution in [-0.4, -0.2) is 60.7 Å². The second-order valence-electron chi connectivity index (χ2n) is 8.29. The average molecular weight is 452 g/mol. The van der Waals surface area contributed by atoms with Gasteiger partial charge < -0.3 is 25.1 Å². The number of hydrogen-bond acceptors (Lipinski definition) is 6. The number of carbonyl (C=O) groups excluding carboxylic acids is 1. The van der Waals surface area contributed by atoms with Crippen molar-refractivity contribution in [2.24, 2.45) is 0 Å². The van der Waals surface area contributed by atoms with Gasteiger partial charge in [0.05, 0.1) is 35.9 Å². The number of halogens is 1. The molecule has 1 saturated heterocycles. The third-order valence-corrected chi connectivity index (χ3v) is 6.32. The highest BCUT2D eigenvalue weighted by molar-refractivity contribution is 6.06. The molecule has 0 unspecified atom stereocenters. The number of H-pyrrole nitrogens is 1. The minimum atomic E-state index is -0.490. The number of fused-ring (bicyclic) bond motifs is 1. The Kier molecular flexibility index (Phi) is 5.63. The molecule has 8 nitrogen and oxygen atoms in total. The van der Waals surface area contributed by atoms with Crippen LogP contribution in [0.25, 0.3) is 11.3 Å². The Morgan fingerprint density at radius 3 is 2.97 bits per heavy atom. The van der Waals surface area contributed by atoms with E-state index in [4.69, 9.17) is 9.47 Å². The van der Waals surface area contributed by atoms with E-state index in [0.29, 0.717) is 54.0 Å². The largest absolute Gasteiger partial charge is 0.492 e. The molecule has 1 fully saturated rings. The Morgan fingerprint density at radius 2 is 2.21 bits per heavy atom. The lowest BCUT2D eigenvalue weighted by Crippen LogP contribution is -2.48. The van der Waals surface area contributed by atoms with Gasteiger partial charge in [-0.15, -0.1) is 0 Å². The number of carbonyl (C=O) groups is 1. The highest BCUT2D eigenvalue weighted by Gasteiger charge is 2.30. The molecule has 4 heterocycles. The van der Waals surface area contributed by atoms with Gasteiger partial charge in [0.15, 0.2) is 11.6 Å². The lowest BCUT2D eigenvalue weighted by atomic mass is 10.0. The monoisotopic (exact) mass is 451 g/mol. The van der Waals surface area contributed by atoms with E-state index in [9.17, 15) is 9.18 Å². The minimum absolute atomic E-state index is 0.0776. The van der Waals surface area contributed by atoms with Crippen molar-refractivity contribution in [1.29, 1.82) is 0 Å². The number of likely N-dealkylation sites (tertiary alicyclic amines) is 1. The number of rotatable bonds is 7. The molecule has 0 radical (unpaired) electrons. The van der Waals surface area contributed by atoms with Crippen LogP contribution in [0.3, 0.4) is 0 Å². The number of aromatic amines is 1. The number of para-hydroxylation sites is 1. The Bertz CT molecular complexity index is 1190. The van der Waals surface area contributed by atoms with E-state index in [1.807, 2.05) is 6.07 Å². The molecule has 0 bridgehead atoms. The molecule has 1 amide bonds. The van der Waals surface area contributed by atoms with Gasteiger partial charge in [-0.25, -0.2) is 4.39 Å². The third-order valence-electron chi connectivity index (χ3n) is 6.32. The van der Waals surface area contributed by atoms with Crippen LogP contribution in [0.15, 0.2) is 36.7 Å². The summed E-state index contributed by atoms with van der Waals surface area (Å²) in [6, 6.07) is 6.85. The number of pyridine rings is 1. The van der Waals surface area contributed by atoms with Crippen LogP contribution in [-0.2, 0) is 6.42 Å². The van der Waals surface area contributed by atoms with Crippen molar-refractivity contribution in [3.05, 3.63) is 53.7 Å². The summed E-state index contributed by atoms with van der Waals surface area (Å²) in [7, 11) is 3.49. The molecule has 0 spiro atoms. The maximum atomic E-state index is 14.3. The van der Waals surface area contributed by atoms with E-state index in [0.717, 1.165) is 24.2 Å². The maximum Gasteiger partial charge on any atom is 0.255 e. The first kappa shape index (κ1) is 21.3. The molecule has 33 heavy (non-hydrogen) atoms. The minimum Gasteiger partial charge on any atom is -0.492 e. The predicted octanol–water partition coefficient (Wildman–Crippen LogP) is 3.34. The number of ether oxygens (including phenoxy) is 2. The van der Waals surface area contributed by atoms with E-state index >= 15 is 0 Å². The zero-order chi connectivity index (χ0) is 22.9. The number of likely N-dealkylation sites (N-methyl/N-ethyl adjacent to an activating group) is 1. The van der Waals surface area contributed by atoms with E-state index in [1.54, 1.807) is 24.5 Å². The quantitative estimate of drug-likeness (QED) is 0.511. The molecule has 1 atom stereocenters. The van der Waals surface area contributed by atoms with E-state index in [-0.39, 0.29) is 11.7 Å². The fourth-order valence-corrected chi connectivity index (χ4v) is 4.32. The average Bonchev–Trinajstić information content (AvgIpc) is 3.18. The molecule has 3 N–H and O–H groups in total. The molecule has 9 heteroatoms. The van der Waals surface area contributed by atoms with Crippen LogP contribution in [0.4, 0.5) is 15.8 Å². The van der Waals surface area contributed by atoms with E-state index in [2.05, 4.69) is 32.5 Å². The summed E-state index contributed by atoms with van der Waals surface area (Å²) in [5, 5.41) is 6.14. The number of benzene rings is 1. The molecule has 3 aromatic rings. The predicted molar refractivity (Wildman–Crippen MR) is 123 cm³/mol. The van der Waals surface area contributed by atoms with Crippen molar-refractivity contribution >= 4 is 17.3 Å². The Morgan fingerprint density at radius 1 is 1.33 bits per heavy atom. The van der Waals surface area contributed by atoms with Gasteiger partial charge in [-0.05, 0) is 38.2 Å². The van der Waals surface area contributed by atoms with Crippen molar-refractivity contribution in [1.82, 2.24) is 20.2 Å². The first-order chi connectivity index (χ1) is 16.1. The van der Waals surface area contributed by atoms with Gasteiger partial charge in [0.1, 0.15) is 12.4 Å². The van der Waals surface area contributed by atoms with Crippen molar-refractivity contribution in [3.8, 4) is 22.8 Å². The smallest absolute Gasteiger partial charge is 0.255 e. The molecule has 2 aromatic heterocycles. The van der Waals surface area contributed by atoms with Crippen molar-refractivity contribution in [2.45, 2.75) is 18.9 Å². The summed E-state index contributed by atoms with van der Waals surface area (Å²) in [4.78, 5) is 22.7. The Labute approximate surface area is 191 Å². The lowest BCUT2D eigenvalue weighted by Gasteiger charge is -2.37. The molecule has 172 valence electrons. The molecular formula is C24H26FN5O3. The number of anilines is 2. The highest BCUT2D eigenvalue weighted by Crippen LogP contribution is 2.42. The lowest BCUT2D eigenvalue weighted by molar-refractivity contribution is 0.0769. The van der Waals surface area contributed by atoms with Crippen molar-refractivity contribution < 1.29 is 18.7 Å². The topological polar surface area (TPSA) is 91.5 Å². The number of aromatic nitrogens is 2. The first-order valence-electron chi connectivity index (χ1n) is 11.0. The zero-order valence-corrected chi connectivity index (χ0v) is 18.6. The number of amides is 1. The standard InChI is InChI=1S/C24H26FN5O3/c1-30-11-8-14(30)13-33-19-12-26-9-6-15(19)21-22(20-17(28-21)7-10-27-24(20)31)29-18-5-3-4-16(25)23(18)32-2/h3-6,9,12,14,28-29H,7-8,10-11,13H2,1-2H3,(H,27,31)/t14-/m1/s1. The van der Waals surface area contributed by atoms with Gasteiger partial charge >= 0.3 is 0 Å². The molecule has 2 aliphatic heterocycles. The summed E-state index contributed by atoms with van der Waals surface area (Å²) >= 11 is 0. The summed E-state index contributed by atoms with van der Waals surface area (Å²) in [5.41, 5.74) is 3.74. The van der Waals surface area contributed by atoms with Gasteiger partial charge in [-0.3, -0.25) is 14.7 Å². The van der Waals surface area contributed by atoms with Gasteiger partial charge in [0.2, 0.25) is 0 Å². The fraction of sp³-hybridized carbons (Fsp3) is 0.333. The summed E-state index contributed by atoms with van der Waals surface area (Å²) in [6.07, 6.45) is 5.12. The number of nitrogens with zero attached hydrogens (tertiary/aromatic N) is 2. The fourth-order valence-electron chi connectivity index (χ4n) is 4.32. The van der Waals surface area contributed by atoms with Crippen LogP contribution in [0, 0.1) is 5.82 Å². The number of methoxy groups -OCH3 is 1. The van der Waals surface area contributed by atoms with Gasteiger partial charge in [-0.1, -0.05) is 6.07 Å². The highest BCUT2D eigenvalue weighted by atomic mass is 19.1. The summed E-state index contributed by atoms with van der Waals surface area (Å²) < 4.78 is 25.8. The van der Waals surface area contributed by atoms with Gasteiger partial charge in [0.25, 0.3) is 5.91 Å². The number of nitrogens with one attached hydrogen (secondary N) is 3.